The van der Waals surface area contributed by atoms with Crippen LogP contribution < -0.4 is 0 Å². The zero-order chi connectivity index (χ0) is 18.4. The van der Waals surface area contributed by atoms with E-state index in [1.807, 2.05) is 0 Å². The lowest BCUT2D eigenvalue weighted by atomic mass is 10.0. The first-order chi connectivity index (χ1) is 13.8. The lowest BCUT2D eigenvalue weighted by Crippen LogP contribution is -1.78. The van der Waals surface area contributed by atoms with E-state index in [0.717, 1.165) is 0 Å². The molecule has 7 aromatic rings. The average Bonchev–Trinajstić information content (AvgIpc) is 3.37. The molecule has 0 aliphatic rings. The molecule has 0 bridgehead atoms. The van der Waals surface area contributed by atoms with Crippen molar-refractivity contribution in [2.75, 3.05) is 0 Å². The van der Waals surface area contributed by atoms with Gasteiger partial charge in [-0.1, -0.05) is 48.0 Å². The molecule has 0 amide bonds. The maximum Gasteiger partial charge on any atom is 0.0588 e. The summed E-state index contributed by atoms with van der Waals surface area (Å²) in [5.41, 5.74) is 8.40. The summed E-state index contributed by atoms with van der Waals surface area (Å²) in [7, 11) is 0. The highest BCUT2D eigenvalue weighted by Crippen LogP contribution is 2.44. The normalized spacial score (nSPS) is 12.5. The summed E-state index contributed by atoms with van der Waals surface area (Å²) < 4.78 is 0. The van der Waals surface area contributed by atoms with Gasteiger partial charge in [0.1, 0.15) is 0 Å². The fraction of sp³-hybridized carbons (Fsp3) is 0.0400. The molecule has 3 nitrogen and oxygen atoms in total. The Kier molecular flexibility index (Phi) is 2.44. The van der Waals surface area contributed by atoms with E-state index in [4.69, 9.17) is 0 Å². The second kappa shape index (κ2) is 4.76. The summed E-state index contributed by atoms with van der Waals surface area (Å²) in [4.78, 5) is 11.1. The maximum atomic E-state index is 3.72. The molecule has 0 fully saturated rings. The molecule has 3 heterocycles. The SMILES string of the molecule is Cc1ccc2[nH]c3c4c5ccccc5[nH]c4c4c5ccccc5[nH]c4c3c2c1. The van der Waals surface area contributed by atoms with Crippen molar-refractivity contribution in [3.63, 3.8) is 0 Å². The van der Waals surface area contributed by atoms with Crippen LogP contribution >= 0.6 is 0 Å². The molecular formula is C25H17N3. The van der Waals surface area contributed by atoms with Gasteiger partial charge in [-0.15, -0.1) is 0 Å². The number of H-pyrrole nitrogens is 3. The van der Waals surface area contributed by atoms with E-state index in [1.165, 1.54) is 71.0 Å². The first-order valence-corrected chi connectivity index (χ1v) is 9.64. The van der Waals surface area contributed by atoms with Crippen LogP contribution in [0.25, 0.3) is 65.4 Å². The van der Waals surface area contributed by atoms with Crippen LogP contribution in [0, 0.1) is 6.92 Å². The highest BCUT2D eigenvalue weighted by molar-refractivity contribution is 6.38. The zero-order valence-corrected chi connectivity index (χ0v) is 15.4. The Morgan fingerprint density at radius 2 is 0.964 bits per heavy atom. The molecule has 0 radical (unpaired) electrons. The minimum absolute atomic E-state index is 1.17. The highest BCUT2D eigenvalue weighted by Gasteiger charge is 2.20. The van der Waals surface area contributed by atoms with Gasteiger partial charge in [-0.25, -0.2) is 0 Å². The van der Waals surface area contributed by atoms with Crippen molar-refractivity contribution in [1.29, 1.82) is 0 Å². The quantitative estimate of drug-likeness (QED) is 0.264. The molecule has 7 rings (SSSR count). The first kappa shape index (κ1) is 14.4. The number of fused-ring (bicyclic) bond motifs is 12. The van der Waals surface area contributed by atoms with Crippen molar-refractivity contribution in [3.05, 3.63) is 72.3 Å². The Hall–Kier alpha value is -3.72. The van der Waals surface area contributed by atoms with Crippen molar-refractivity contribution in [2.45, 2.75) is 6.92 Å². The molecule has 0 aliphatic heterocycles. The fourth-order valence-corrected chi connectivity index (χ4v) is 4.93. The van der Waals surface area contributed by atoms with Gasteiger partial charge < -0.3 is 15.0 Å². The number of hydrogen-bond acceptors (Lipinski definition) is 0. The summed E-state index contributed by atoms with van der Waals surface area (Å²) >= 11 is 0. The summed E-state index contributed by atoms with van der Waals surface area (Å²) in [6.45, 7) is 2.16. The summed E-state index contributed by atoms with van der Waals surface area (Å²) in [6.07, 6.45) is 0. The van der Waals surface area contributed by atoms with Crippen molar-refractivity contribution < 1.29 is 0 Å². The number of para-hydroxylation sites is 2. The van der Waals surface area contributed by atoms with Crippen LogP contribution in [0.2, 0.25) is 0 Å². The van der Waals surface area contributed by atoms with Gasteiger partial charge in [-0.05, 0) is 31.2 Å². The van der Waals surface area contributed by atoms with Crippen molar-refractivity contribution >= 4 is 65.4 Å². The number of rotatable bonds is 0. The number of aromatic amines is 3. The Labute approximate surface area is 160 Å². The van der Waals surface area contributed by atoms with Gasteiger partial charge in [0.2, 0.25) is 0 Å². The van der Waals surface area contributed by atoms with E-state index in [0.29, 0.717) is 0 Å². The molecule has 3 aromatic heterocycles. The fourth-order valence-electron chi connectivity index (χ4n) is 4.93. The minimum Gasteiger partial charge on any atom is -0.354 e. The van der Waals surface area contributed by atoms with Gasteiger partial charge in [0, 0.05) is 48.9 Å². The third-order valence-corrected chi connectivity index (χ3v) is 6.12. The van der Waals surface area contributed by atoms with E-state index in [1.54, 1.807) is 0 Å². The van der Waals surface area contributed by atoms with Crippen LogP contribution in [0.4, 0.5) is 0 Å². The average molecular weight is 359 g/mol. The van der Waals surface area contributed by atoms with E-state index >= 15 is 0 Å². The molecule has 3 heteroatoms. The summed E-state index contributed by atoms with van der Waals surface area (Å²) in [5.74, 6) is 0. The Bertz CT molecular complexity index is 1680. The topological polar surface area (TPSA) is 47.4 Å². The molecular weight excluding hydrogens is 342 g/mol. The molecule has 3 N–H and O–H groups in total. The Balaban J connectivity index is 1.93. The predicted molar refractivity (Wildman–Crippen MR) is 119 cm³/mol. The third-order valence-electron chi connectivity index (χ3n) is 6.12. The number of aryl methyl sites for hydroxylation is 1. The second-order valence-electron chi connectivity index (χ2n) is 7.77. The molecule has 28 heavy (non-hydrogen) atoms. The smallest absolute Gasteiger partial charge is 0.0588 e. The second-order valence-corrected chi connectivity index (χ2v) is 7.77. The van der Waals surface area contributed by atoms with Gasteiger partial charge in [-0.3, -0.25) is 0 Å². The highest BCUT2D eigenvalue weighted by atomic mass is 14.8. The van der Waals surface area contributed by atoms with E-state index in [-0.39, 0.29) is 0 Å². The lowest BCUT2D eigenvalue weighted by Gasteiger charge is -2.01. The molecule has 0 aliphatic carbocycles. The van der Waals surface area contributed by atoms with Gasteiger partial charge in [0.15, 0.2) is 0 Å². The molecule has 0 saturated carbocycles. The lowest BCUT2D eigenvalue weighted by molar-refractivity contribution is 1.49. The van der Waals surface area contributed by atoms with Gasteiger partial charge >= 0.3 is 0 Å². The molecule has 0 saturated heterocycles. The zero-order valence-electron chi connectivity index (χ0n) is 15.4. The molecule has 0 atom stereocenters. The van der Waals surface area contributed by atoms with Crippen LogP contribution in [0.3, 0.4) is 0 Å². The maximum absolute atomic E-state index is 3.72. The van der Waals surface area contributed by atoms with Crippen LogP contribution in [0.5, 0.6) is 0 Å². The number of hydrogen-bond donors (Lipinski definition) is 3. The number of benzene rings is 4. The molecule has 0 spiro atoms. The predicted octanol–water partition coefficient (Wildman–Crippen LogP) is 6.90. The van der Waals surface area contributed by atoms with Crippen LogP contribution in [-0.2, 0) is 0 Å². The molecule has 0 unspecified atom stereocenters. The van der Waals surface area contributed by atoms with Gasteiger partial charge in [0.25, 0.3) is 0 Å². The monoisotopic (exact) mass is 359 g/mol. The van der Waals surface area contributed by atoms with Gasteiger partial charge in [0.05, 0.1) is 16.6 Å². The van der Waals surface area contributed by atoms with Crippen LogP contribution in [0.15, 0.2) is 66.7 Å². The van der Waals surface area contributed by atoms with Crippen LogP contribution in [0.1, 0.15) is 5.56 Å². The molecule has 4 aromatic carbocycles. The van der Waals surface area contributed by atoms with Crippen molar-refractivity contribution in [2.24, 2.45) is 0 Å². The van der Waals surface area contributed by atoms with E-state index < -0.39 is 0 Å². The standard InChI is InChI=1S/C25H17N3/c1-13-10-11-19-16(12-13)22-24-20(15-7-3-5-9-18(15)27-24)23-21(25(22)28-19)14-6-2-4-8-17(14)26-23/h2-12,26-28H,1H3. The summed E-state index contributed by atoms with van der Waals surface area (Å²) in [6, 6.07) is 23.8. The number of nitrogens with one attached hydrogen (secondary N) is 3. The van der Waals surface area contributed by atoms with E-state index in [9.17, 15) is 0 Å². The third kappa shape index (κ3) is 1.61. The largest absolute Gasteiger partial charge is 0.354 e. The molecule has 132 valence electrons. The Morgan fingerprint density at radius 3 is 1.54 bits per heavy atom. The summed E-state index contributed by atoms with van der Waals surface area (Å²) in [5, 5.41) is 7.63. The van der Waals surface area contributed by atoms with Gasteiger partial charge in [-0.2, -0.15) is 0 Å². The van der Waals surface area contributed by atoms with Crippen molar-refractivity contribution in [1.82, 2.24) is 15.0 Å². The Morgan fingerprint density at radius 1 is 0.500 bits per heavy atom. The minimum atomic E-state index is 1.17. The number of aromatic nitrogens is 3. The van der Waals surface area contributed by atoms with Crippen molar-refractivity contribution in [3.8, 4) is 0 Å². The van der Waals surface area contributed by atoms with Crippen LogP contribution in [-0.4, -0.2) is 15.0 Å². The first-order valence-electron chi connectivity index (χ1n) is 9.64. The van der Waals surface area contributed by atoms with E-state index in [2.05, 4.69) is 88.6 Å².